The van der Waals surface area contributed by atoms with Gasteiger partial charge in [0.2, 0.25) is 11.8 Å². The summed E-state index contributed by atoms with van der Waals surface area (Å²) in [7, 11) is 2.88. The summed E-state index contributed by atoms with van der Waals surface area (Å²) in [4.78, 5) is 37.7. The summed E-state index contributed by atoms with van der Waals surface area (Å²) >= 11 is 6.08. The summed E-state index contributed by atoms with van der Waals surface area (Å²) < 4.78 is 9.63. The largest absolute Gasteiger partial charge is 0.465 e. The second-order valence-corrected chi connectivity index (χ2v) is 6.17. The molecule has 1 aliphatic heterocycles. The van der Waals surface area contributed by atoms with Crippen molar-refractivity contribution < 1.29 is 23.9 Å². The molecule has 1 unspecified atom stereocenters. The summed E-state index contributed by atoms with van der Waals surface area (Å²) in [5.41, 5.74) is 0.603. The van der Waals surface area contributed by atoms with E-state index in [4.69, 9.17) is 16.3 Å². The Hall–Kier alpha value is -2.12. The van der Waals surface area contributed by atoms with Crippen LogP contribution in [-0.4, -0.2) is 56.6 Å². The van der Waals surface area contributed by atoms with E-state index >= 15 is 0 Å². The smallest absolute Gasteiger partial charge is 0.337 e. The van der Waals surface area contributed by atoms with Gasteiger partial charge in [-0.2, -0.15) is 0 Å². The third-order valence-corrected chi connectivity index (χ3v) is 4.34. The second kappa shape index (κ2) is 8.82. The van der Waals surface area contributed by atoms with Crippen molar-refractivity contribution in [2.75, 3.05) is 39.2 Å². The molecule has 0 spiro atoms. The molecule has 2 amide bonds. The molecule has 0 aliphatic carbocycles. The number of benzene rings is 1. The maximum Gasteiger partial charge on any atom is 0.337 e. The Morgan fingerprint density at radius 2 is 2.12 bits per heavy atom. The van der Waals surface area contributed by atoms with E-state index in [9.17, 15) is 14.4 Å². The number of rotatable bonds is 7. The highest BCUT2D eigenvalue weighted by Gasteiger charge is 2.34. The number of anilines is 1. The Morgan fingerprint density at radius 3 is 2.80 bits per heavy atom. The van der Waals surface area contributed by atoms with Crippen molar-refractivity contribution >= 4 is 35.1 Å². The molecular formula is C17H21ClN2O5. The number of carbonyl (C=O) groups is 3. The maximum absolute atomic E-state index is 12.4. The first-order chi connectivity index (χ1) is 12.0. The molecule has 1 heterocycles. The zero-order chi connectivity index (χ0) is 18.4. The van der Waals surface area contributed by atoms with Gasteiger partial charge in [0.25, 0.3) is 0 Å². The molecule has 7 nitrogen and oxygen atoms in total. The van der Waals surface area contributed by atoms with Crippen molar-refractivity contribution in [3.05, 3.63) is 28.8 Å². The molecular weight excluding hydrogens is 348 g/mol. The summed E-state index contributed by atoms with van der Waals surface area (Å²) in [6.07, 6.45) is 0.886. The van der Waals surface area contributed by atoms with E-state index in [0.717, 1.165) is 6.42 Å². The average molecular weight is 369 g/mol. The number of amides is 2. The molecule has 2 rings (SSSR count). The van der Waals surface area contributed by atoms with Crippen molar-refractivity contribution in [1.29, 1.82) is 0 Å². The van der Waals surface area contributed by atoms with Crippen LogP contribution in [0.25, 0.3) is 0 Å². The van der Waals surface area contributed by atoms with E-state index in [0.29, 0.717) is 30.4 Å². The zero-order valence-corrected chi connectivity index (χ0v) is 15.0. The Bertz CT molecular complexity index is 664. The number of hydrogen-bond donors (Lipinski definition) is 1. The Kier molecular flexibility index (Phi) is 6.78. The highest BCUT2D eigenvalue weighted by Crippen LogP contribution is 2.26. The van der Waals surface area contributed by atoms with E-state index in [1.54, 1.807) is 12.0 Å². The van der Waals surface area contributed by atoms with Gasteiger partial charge in [-0.1, -0.05) is 11.6 Å². The Morgan fingerprint density at radius 1 is 1.36 bits per heavy atom. The van der Waals surface area contributed by atoms with Crippen LogP contribution in [-0.2, 0) is 19.1 Å². The molecule has 8 heteroatoms. The van der Waals surface area contributed by atoms with Gasteiger partial charge in [0.15, 0.2) is 0 Å². The fourth-order valence-corrected chi connectivity index (χ4v) is 2.83. The fourth-order valence-electron chi connectivity index (χ4n) is 2.66. The van der Waals surface area contributed by atoms with Gasteiger partial charge in [0.1, 0.15) is 0 Å². The van der Waals surface area contributed by atoms with Crippen LogP contribution in [0.3, 0.4) is 0 Å². The summed E-state index contributed by atoms with van der Waals surface area (Å²) in [6, 6.07) is 4.49. The molecule has 1 saturated heterocycles. The fraction of sp³-hybridized carbons (Fsp3) is 0.471. The third-order valence-electron chi connectivity index (χ3n) is 4.01. The number of carbonyl (C=O) groups excluding carboxylic acids is 3. The molecule has 1 atom stereocenters. The SMILES string of the molecule is COCCCN1CC(C(=O)Nc2cc(C(=O)OC)ccc2Cl)CC1=O. The van der Waals surface area contributed by atoms with Crippen LogP contribution in [0.5, 0.6) is 0 Å². The highest BCUT2D eigenvalue weighted by atomic mass is 35.5. The van der Waals surface area contributed by atoms with Gasteiger partial charge in [-0.3, -0.25) is 9.59 Å². The third kappa shape index (κ3) is 4.93. The normalized spacial score (nSPS) is 16.8. The molecule has 0 aromatic heterocycles. The van der Waals surface area contributed by atoms with Crippen LogP contribution in [0.2, 0.25) is 5.02 Å². The van der Waals surface area contributed by atoms with Crippen molar-refractivity contribution in [3.63, 3.8) is 0 Å². The maximum atomic E-state index is 12.4. The van der Waals surface area contributed by atoms with Crippen molar-refractivity contribution in [1.82, 2.24) is 4.90 Å². The summed E-state index contributed by atoms with van der Waals surface area (Å²) in [5, 5.41) is 3.01. The number of likely N-dealkylation sites (tertiary alicyclic amines) is 1. The molecule has 0 radical (unpaired) electrons. The Balaban J connectivity index is 2.00. The monoisotopic (exact) mass is 368 g/mol. The topological polar surface area (TPSA) is 84.9 Å². The van der Waals surface area contributed by atoms with E-state index in [1.807, 2.05) is 0 Å². The number of nitrogens with zero attached hydrogens (tertiary/aromatic N) is 1. The molecule has 1 N–H and O–H groups in total. The lowest BCUT2D eigenvalue weighted by atomic mass is 10.1. The van der Waals surface area contributed by atoms with Crippen LogP contribution < -0.4 is 5.32 Å². The molecule has 1 aromatic rings. The predicted octanol–water partition coefficient (Wildman–Crippen LogP) is 1.95. The van der Waals surface area contributed by atoms with Crippen molar-refractivity contribution in [2.45, 2.75) is 12.8 Å². The van der Waals surface area contributed by atoms with Crippen molar-refractivity contribution in [2.24, 2.45) is 5.92 Å². The quantitative estimate of drug-likeness (QED) is 0.587. The average Bonchev–Trinajstić information content (AvgIpc) is 2.97. The number of methoxy groups -OCH3 is 2. The minimum Gasteiger partial charge on any atom is -0.465 e. The molecule has 136 valence electrons. The first kappa shape index (κ1) is 19.2. The number of halogens is 1. The van der Waals surface area contributed by atoms with E-state index in [1.165, 1.54) is 25.3 Å². The van der Waals surface area contributed by atoms with Gasteiger partial charge in [-0.15, -0.1) is 0 Å². The van der Waals surface area contributed by atoms with Gasteiger partial charge < -0.3 is 19.7 Å². The van der Waals surface area contributed by atoms with Gasteiger partial charge in [0.05, 0.1) is 29.3 Å². The molecule has 0 bridgehead atoms. The lowest BCUT2D eigenvalue weighted by Crippen LogP contribution is -2.29. The van der Waals surface area contributed by atoms with E-state index in [-0.39, 0.29) is 23.8 Å². The first-order valence-electron chi connectivity index (χ1n) is 7.91. The Labute approximate surface area is 151 Å². The van der Waals surface area contributed by atoms with Crippen LogP contribution in [0.15, 0.2) is 18.2 Å². The lowest BCUT2D eigenvalue weighted by molar-refractivity contribution is -0.128. The minimum atomic E-state index is -0.521. The van der Waals surface area contributed by atoms with E-state index in [2.05, 4.69) is 10.1 Å². The van der Waals surface area contributed by atoms with Crippen LogP contribution in [0.1, 0.15) is 23.2 Å². The van der Waals surface area contributed by atoms with E-state index < -0.39 is 11.9 Å². The van der Waals surface area contributed by atoms with Gasteiger partial charge >= 0.3 is 5.97 Å². The van der Waals surface area contributed by atoms with Crippen LogP contribution in [0, 0.1) is 5.92 Å². The van der Waals surface area contributed by atoms with Gasteiger partial charge in [-0.25, -0.2) is 4.79 Å². The number of ether oxygens (including phenoxy) is 2. The molecule has 1 aromatic carbocycles. The molecule has 25 heavy (non-hydrogen) atoms. The van der Waals surface area contributed by atoms with Gasteiger partial charge in [0, 0.05) is 33.2 Å². The summed E-state index contributed by atoms with van der Waals surface area (Å²) in [5.74, 6) is -1.32. The highest BCUT2D eigenvalue weighted by molar-refractivity contribution is 6.33. The van der Waals surface area contributed by atoms with Crippen LogP contribution in [0.4, 0.5) is 5.69 Å². The standard InChI is InChI=1S/C17H21ClN2O5/c1-24-7-3-6-20-10-12(9-15(20)21)16(22)19-14-8-11(17(23)25-2)4-5-13(14)18/h4-5,8,12H,3,6-7,9-10H2,1-2H3,(H,19,22). The lowest BCUT2D eigenvalue weighted by Gasteiger charge is -2.16. The number of hydrogen-bond acceptors (Lipinski definition) is 5. The van der Waals surface area contributed by atoms with Crippen molar-refractivity contribution in [3.8, 4) is 0 Å². The minimum absolute atomic E-state index is 0.0503. The summed E-state index contributed by atoms with van der Waals surface area (Å²) in [6.45, 7) is 1.49. The van der Waals surface area contributed by atoms with Gasteiger partial charge in [-0.05, 0) is 24.6 Å². The number of nitrogens with one attached hydrogen (secondary N) is 1. The second-order valence-electron chi connectivity index (χ2n) is 5.76. The zero-order valence-electron chi connectivity index (χ0n) is 14.2. The molecule has 1 fully saturated rings. The molecule has 1 aliphatic rings. The predicted molar refractivity (Wildman–Crippen MR) is 92.6 cm³/mol. The number of esters is 1. The molecule has 0 saturated carbocycles. The van der Waals surface area contributed by atoms with Crippen LogP contribution >= 0.6 is 11.6 Å². The first-order valence-corrected chi connectivity index (χ1v) is 8.29.